The number of amides is 1. The maximum absolute atomic E-state index is 13.4. The number of aryl methyl sites for hydroxylation is 1. The normalized spacial score (nSPS) is 11.9. The first-order chi connectivity index (χ1) is 10.0. The molecule has 0 bridgehead atoms. The van der Waals surface area contributed by atoms with E-state index in [2.05, 4.69) is 5.32 Å². The summed E-state index contributed by atoms with van der Waals surface area (Å²) in [6.07, 6.45) is 2.44. The highest BCUT2D eigenvalue weighted by atomic mass is 19.1. The van der Waals surface area contributed by atoms with Crippen molar-refractivity contribution in [1.29, 1.82) is 0 Å². The smallest absolute Gasteiger partial charge is 0.303 e. The van der Waals surface area contributed by atoms with Gasteiger partial charge in [-0.15, -0.1) is 0 Å². The SMILES string of the molecule is CC(CCc1ccccc1F)C(=O)NCCCCC(=O)O. The number of nitrogens with one attached hydrogen (secondary N) is 1. The predicted molar refractivity (Wildman–Crippen MR) is 78.4 cm³/mol. The molecule has 0 aliphatic carbocycles. The Labute approximate surface area is 124 Å². The van der Waals surface area contributed by atoms with Crippen LogP contribution in [0.15, 0.2) is 24.3 Å². The first-order valence-electron chi connectivity index (χ1n) is 7.23. The highest BCUT2D eigenvalue weighted by molar-refractivity contribution is 5.78. The molecule has 5 heteroatoms. The van der Waals surface area contributed by atoms with Crippen LogP contribution in [-0.2, 0) is 16.0 Å². The van der Waals surface area contributed by atoms with E-state index in [1.54, 1.807) is 18.2 Å². The Morgan fingerprint density at radius 3 is 2.67 bits per heavy atom. The molecule has 0 radical (unpaired) electrons. The molecule has 0 aliphatic rings. The summed E-state index contributed by atoms with van der Waals surface area (Å²) in [6.45, 7) is 2.30. The van der Waals surface area contributed by atoms with Crippen LogP contribution in [-0.4, -0.2) is 23.5 Å². The fourth-order valence-electron chi connectivity index (χ4n) is 1.99. The Bertz CT molecular complexity index is 476. The average Bonchev–Trinajstić information content (AvgIpc) is 2.45. The third kappa shape index (κ3) is 6.88. The van der Waals surface area contributed by atoms with Crippen LogP contribution < -0.4 is 5.32 Å². The summed E-state index contributed by atoms with van der Waals surface area (Å²) in [5.41, 5.74) is 0.624. The van der Waals surface area contributed by atoms with Crippen LogP contribution in [0.4, 0.5) is 4.39 Å². The van der Waals surface area contributed by atoms with Gasteiger partial charge in [0.2, 0.25) is 5.91 Å². The lowest BCUT2D eigenvalue weighted by atomic mass is 10.00. The molecule has 0 aliphatic heterocycles. The van der Waals surface area contributed by atoms with Crippen molar-refractivity contribution in [2.24, 2.45) is 5.92 Å². The number of hydrogen-bond donors (Lipinski definition) is 2. The van der Waals surface area contributed by atoms with Crippen molar-refractivity contribution in [1.82, 2.24) is 5.32 Å². The van der Waals surface area contributed by atoms with Crippen LogP contribution in [0.1, 0.15) is 38.2 Å². The van der Waals surface area contributed by atoms with E-state index in [9.17, 15) is 14.0 Å². The van der Waals surface area contributed by atoms with Crippen molar-refractivity contribution < 1.29 is 19.1 Å². The number of benzene rings is 1. The van der Waals surface area contributed by atoms with Gasteiger partial charge in [-0.3, -0.25) is 9.59 Å². The molecule has 0 heterocycles. The van der Waals surface area contributed by atoms with Gasteiger partial charge in [0.05, 0.1) is 0 Å². The number of carbonyl (C=O) groups is 2. The fraction of sp³-hybridized carbons (Fsp3) is 0.500. The average molecular weight is 295 g/mol. The van der Waals surface area contributed by atoms with Crippen LogP contribution in [0.2, 0.25) is 0 Å². The molecular formula is C16H22FNO3. The number of aliphatic carboxylic acids is 1. The monoisotopic (exact) mass is 295 g/mol. The van der Waals surface area contributed by atoms with Gasteiger partial charge in [0.1, 0.15) is 5.82 Å². The molecule has 1 atom stereocenters. The predicted octanol–water partition coefficient (Wildman–Crippen LogP) is 2.77. The summed E-state index contributed by atoms with van der Waals surface area (Å²) < 4.78 is 13.4. The molecular weight excluding hydrogens is 273 g/mol. The number of rotatable bonds is 9. The van der Waals surface area contributed by atoms with Crippen LogP contribution in [0.5, 0.6) is 0 Å². The lowest BCUT2D eigenvalue weighted by Gasteiger charge is -2.12. The summed E-state index contributed by atoms with van der Waals surface area (Å²) in [4.78, 5) is 22.2. The zero-order chi connectivity index (χ0) is 15.7. The Morgan fingerprint density at radius 1 is 1.29 bits per heavy atom. The molecule has 1 rings (SSSR count). The lowest BCUT2D eigenvalue weighted by Crippen LogP contribution is -2.30. The van der Waals surface area contributed by atoms with E-state index in [-0.39, 0.29) is 24.1 Å². The van der Waals surface area contributed by atoms with Crippen molar-refractivity contribution in [3.63, 3.8) is 0 Å². The number of carboxylic acids is 1. The van der Waals surface area contributed by atoms with Crippen molar-refractivity contribution >= 4 is 11.9 Å². The molecule has 4 nitrogen and oxygen atoms in total. The third-order valence-corrected chi connectivity index (χ3v) is 3.37. The molecule has 0 fully saturated rings. The molecule has 1 amide bonds. The Hall–Kier alpha value is -1.91. The van der Waals surface area contributed by atoms with E-state index in [4.69, 9.17) is 5.11 Å². The van der Waals surface area contributed by atoms with Gasteiger partial charge in [0.15, 0.2) is 0 Å². The van der Waals surface area contributed by atoms with E-state index in [0.717, 1.165) is 0 Å². The van der Waals surface area contributed by atoms with E-state index in [0.29, 0.717) is 37.8 Å². The largest absolute Gasteiger partial charge is 0.481 e. The topological polar surface area (TPSA) is 66.4 Å². The second kappa shape index (κ2) is 9.10. The minimum absolute atomic E-state index is 0.0679. The molecule has 116 valence electrons. The van der Waals surface area contributed by atoms with Crippen LogP contribution in [0.25, 0.3) is 0 Å². The van der Waals surface area contributed by atoms with Crippen molar-refractivity contribution in [2.75, 3.05) is 6.54 Å². The Kier molecular flexibility index (Phi) is 7.43. The maximum atomic E-state index is 13.4. The summed E-state index contributed by atoms with van der Waals surface area (Å²) >= 11 is 0. The zero-order valence-corrected chi connectivity index (χ0v) is 12.3. The lowest BCUT2D eigenvalue weighted by molar-refractivity contribution is -0.137. The minimum atomic E-state index is -0.820. The fourth-order valence-corrected chi connectivity index (χ4v) is 1.99. The van der Waals surface area contributed by atoms with E-state index < -0.39 is 5.97 Å². The highest BCUT2D eigenvalue weighted by Crippen LogP contribution is 2.13. The van der Waals surface area contributed by atoms with Crippen molar-refractivity contribution in [2.45, 2.75) is 39.0 Å². The van der Waals surface area contributed by atoms with Crippen molar-refractivity contribution in [3.05, 3.63) is 35.6 Å². The second-order valence-corrected chi connectivity index (χ2v) is 5.17. The van der Waals surface area contributed by atoms with Gasteiger partial charge in [0, 0.05) is 18.9 Å². The number of carboxylic acid groups (broad SMARTS) is 1. The quantitative estimate of drug-likeness (QED) is 0.688. The molecule has 0 saturated heterocycles. The maximum Gasteiger partial charge on any atom is 0.303 e. The number of unbranched alkanes of at least 4 members (excludes halogenated alkanes) is 1. The molecule has 0 aromatic heterocycles. The number of carbonyl (C=O) groups excluding carboxylic acids is 1. The molecule has 0 saturated carbocycles. The summed E-state index contributed by atoms with van der Waals surface area (Å²) in [6, 6.07) is 6.58. The molecule has 1 unspecified atom stereocenters. The van der Waals surface area contributed by atoms with Crippen LogP contribution >= 0.6 is 0 Å². The first kappa shape index (κ1) is 17.1. The standard InChI is InChI=1S/C16H22FNO3/c1-12(9-10-13-6-2-3-7-14(13)17)16(21)18-11-5-4-8-15(19)20/h2-3,6-7,12H,4-5,8-11H2,1H3,(H,18,21)(H,19,20). The summed E-state index contributed by atoms with van der Waals surface area (Å²) in [5, 5.41) is 11.3. The van der Waals surface area contributed by atoms with E-state index >= 15 is 0 Å². The highest BCUT2D eigenvalue weighted by Gasteiger charge is 2.13. The van der Waals surface area contributed by atoms with Crippen LogP contribution in [0, 0.1) is 11.7 Å². The van der Waals surface area contributed by atoms with Crippen molar-refractivity contribution in [3.8, 4) is 0 Å². The second-order valence-electron chi connectivity index (χ2n) is 5.17. The molecule has 0 spiro atoms. The van der Waals surface area contributed by atoms with Crippen LogP contribution in [0.3, 0.4) is 0 Å². The summed E-state index contributed by atoms with van der Waals surface area (Å²) in [7, 11) is 0. The molecule has 1 aromatic rings. The van der Waals surface area contributed by atoms with E-state index in [1.807, 2.05) is 6.92 Å². The molecule has 2 N–H and O–H groups in total. The van der Waals surface area contributed by atoms with Gasteiger partial charge in [-0.05, 0) is 37.3 Å². The van der Waals surface area contributed by atoms with Gasteiger partial charge < -0.3 is 10.4 Å². The molecule has 21 heavy (non-hydrogen) atoms. The Morgan fingerprint density at radius 2 is 2.00 bits per heavy atom. The van der Waals surface area contributed by atoms with E-state index in [1.165, 1.54) is 6.07 Å². The number of hydrogen-bond acceptors (Lipinski definition) is 2. The molecule has 1 aromatic carbocycles. The zero-order valence-electron chi connectivity index (χ0n) is 12.3. The van der Waals surface area contributed by atoms with Gasteiger partial charge in [-0.2, -0.15) is 0 Å². The van der Waals surface area contributed by atoms with Gasteiger partial charge >= 0.3 is 5.97 Å². The van der Waals surface area contributed by atoms with Gasteiger partial charge in [-0.1, -0.05) is 25.1 Å². The third-order valence-electron chi connectivity index (χ3n) is 3.37. The Balaban J connectivity index is 2.22. The van der Waals surface area contributed by atoms with Gasteiger partial charge in [-0.25, -0.2) is 4.39 Å². The number of halogens is 1. The first-order valence-corrected chi connectivity index (χ1v) is 7.23. The summed E-state index contributed by atoms with van der Waals surface area (Å²) in [5.74, 6) is -1.32. The minimum Gasteiger partial charge on any atom is -0.481 e. The van der Waals surface area contributed by atoms with Gasteiger partial charge in [0.25, 0.3) is 0 Å².